The quantitative estimate of drug-likeness (QED) is 0.756. The van der Waals surface area contributed by atoms with Crippen molar-refractivity contribution < 1.29 is 4.74 Å². The number of hydrogen-bond acceptors (Lipinski definition) is 5. The van der Waals surface area contributed by atoms with E-state index in [0.717, 1.165) is 23.4 Å². The second-order valence-corrected chi connectivity index (χ2v) is 5.17. The standard InChI is InChI=1S/C14H24N4O/c1-4-19-9-14-17-12(15-3)8-13(18-14)16-10(2)7-11-5-6-11/h8,10-11H,4-7,9H2,1-3H3,(H2,15,16,17,18). The van der Waals surface area contributed by atoms with Crippen molar-refractivity contribution >= 4 is 11.6 Å². The number of nitrogens with zero attached hydrogens (tertiary/aromatic N) is 2. The maximum absolute atomic E-state index is 5.37. The molecule has 0 aliphatic heterocycles. The maximum Gasteiger partial charge on any atom is 0.158 e. The topological polar surface area (TPSA) is 59.1 Å². The number of ether oxygens (including phenoxy) is 1. The van der Waals surface area contributed by atoms with Gasteiger partial charge in [0.25, 0.3) is 0 Å². The van der Waals surface area contributed by atoms with Gasteiger partial charge < -0.3 is 15.4 Å². The van der Waals surface area contributed by atoms with Crippen LogP contribution in [0.1, 0.15) is 38.9 Å². The van der Waals surface area contributed by atoms with Crippen molar-refractivity contribution in [2.75, 3.05) is 24.3 Å². The van der Waals surface area contributed by atoms with E-state index in [2.05, 4.69) is 27.5 Å². The molecule has 0 bridgehead atoms. The van der Waals surface area contributed by atoms with Crippen LogP contribution in [0.3, 0.4) is 0 Å². The van der Waals surface area contributed by atoms with Gasteiger partial charge in [-0.05, 0) is 26.2 Å². The fourth-order valence-corrected chi connectivity index (χ4v) is 2.12. The molecule has 2 rings (SSSR count). The predicted octanol–water partition coefficient (Wildman–Crippen LogP) is 2.66. The molecule has 1 fully saturated rings. The number of aromatic nitrogens is 2. The molecule has 2 N–H and O–H groups in total. The van der Waals surface area contributed by atoms with E-state index in [1.165, 1.54) is 19.3 Å². The summed E-state index contributed by atoms with van der Waals surface area (Å²) in [5.74, 6) is 3.33. The van der Waals surface area contributed by atoms with Gasteiger partial charge in [-0.2, -0.15) is 0 Å². The largest absolute Gasteiger partial charge is 0.374 e. The van der Waals surface area contributed by atoms with Crippen LogP contribution in [-0.4, -0.2) is 29.7 Å². The van der Waals surface area contributed by atoms with Crippen molar-refractivity contribution in [3.63, 3.8) is 0 Å². The van der Waals surface area contributed by atoms with Crippen LogP contribution in [-0.2, 0) is 11.3 Å². The van der Waals surface area contributed by atoms with Crippen LogP contribution in [0.15, 0.2) is 6.07 Å². The molecule has 0 spiro atoms. The van der Waals surface area contributed by atoms with Gasteiger partial charge in [-0.3, -0.25) is 0 Å². The Morgan fingerprint density at radius 3 is 2.74 bits per heavy atom. The van der Waals surface area contributed by atoms with Gasteiger partial charge in [-0.15, -0.1) is 0 Å². The first-order valence-electron chi connectivity index (χ1n) is 7.11. The lowest BCUT2D eigenvalue weighted by molar-refractivity contribution is 0.128. The van der Waals surface area contributed by atoms with Crippen molar-refractivity contribution in [1.29, 1.82) is 0 Å². The summed E-state index contributed by atoms with van der Waals surface area (Å²) in [5.41, 5.74) is 0. The van der Waals surface area contributed by atoms with E-state index in [1.807, 2.05) is 20.0 Å². The van der Waals surface area contributed by atoms with Crippen molar-refractivity contribution in [1.82, 2.24) is 9.97 Å². The third-order valence-corrected chi connectivity index (χ3v) is 3.24. The zero-order valence-corrected chi connectivity index (χ0v) is 12.1. The highest BCUT2D eigenvalue weighted by Crippen LogP contribution is 2.34. The lowest BCUT2D eigenvalue weighted by atomic mass is 10.1. The Labute approximate surface area is 115 Å². The summed E-state index contributed by atoms with van der Waals surface area (Å²) in [5, 5.41) is 6.52. The summed E-state index contributed by atoms with van der Waals surface area (Å²) in [7, 11) is 1.87. The average molecular weight is 264 g/mol. The van der Waals surface area contributed by atoms with Crippen LogP contribution in [0.25, 0.3) is 0 Å². The van der Waals surface area contributed by atoms with Crippen LogP contribution >= 0.6 is 0 Å². The molecule has 1 unspecified atom stereocenters. The van der Waals surface area contributed by atoms with Crippen molar-refractivity contribution in [3.05, 3.63) is 11.9 Å². The van der Waals surface area contributed by atoms with Gasteiger partial charge in [0.2, 0.25) is 0 Å². The van der Waals surface area contributed by atoms with E-state index >= 15 is 0 Å². The van der Waals surface area contributed by atoms with E-state index < -0.39 is 0 Å². The van der Waals surface area contributed by atoms with E-state index in [9.17, 15) is 0 Å². The van der Waals surface area contributed by atoms with Gasteiger partial charge in [-0.25, -0.2) is 9.97 Å². The minimum absolute atomic E-state index is 0.451. The minimum atomic E-state index is 0.451. The SMILES string of the molecule is CCOCc1nc(NC)cc(NC(C)CC2CC2)n1. The van der Waals surface area contributed by atoms with E-state index in [0.29, 0.717) is 19.3 Å². The van der Waals surface area contributed by atoms with Crippen LogP contribution in [0.4, 0.5) is 11.6 Å². The molecule has 0 radical (unpaired) electrons. The lowest BCUT2D eigenvalue weighted by Crippen LogP contribution is -2.18. The van der Waals surface area contributed by atoms with Gasteiger partial charge in [-0.1, -0.05) is 12.8 Å². The Bertz CT molecular complexity index is 406. The summed E-state index contributed by atoms with van der Waals surface area (Å²) < 4.78 is 5.37. The Balaban J connectivity index is 2.00. The fraction of sp³-hybridized carbons (Fsp3) is 0.714. The molecular weight excluding hydrogens is 240 g/mol. The predicted molar refractivity (Wildman–Crippen MR) is 77.3 cm³/mol. The summed E-state index contributed by atoms with van der Waals surface area (Å²) in [6, 6.07) is 2.39. The van der Waals surface area contributed by atoms with E-state index in [-0.39, 0.29) is 0 Å². The van der Waals surface area contributed by atoms with Crippen LogP contribution in [0.2, 0.25) is 0 Å². The molecule has 0 saturated heterocycles. The zero-order chi connectivity index (χ0) is 13.7. The summed E-state index contributed by atoms with van der Waals surface area (Å²) in [4.78, 5) is 8.88. The smallest absolute Gasteiger partial charge is 0.158 e. The van der Waals surface area contributed by atoms with Crippen LogP contribution in [0, 0.1) is 5.92 Å². The Kier molecular flexibility index (Phi) is 4.96. The summed E-state index contributed by atoms with van der Waals surface area (Å²) >= 11 is 0. The van der Waals surface area contributed by atoms with Crippen molar-refractivity contribution in [2.45, 2.75) is 45.8 Å². The molecule has 1 heterocycles. The van der Waals surface area contributed by atoms with Crippen molar-refractivity contribution in [2.24, 2.45) is 5.92 Å². The number of rotatable bonds is 8. The lowest BCUT2D eigenvalue weighted by Gasteiger charge is -2.15. The van der Waals surface area contributed by atoms with Crippen LogP contribution in [0.5, 0.6) is 0 Å². The summed E-state index contributed by atoms with van der Waals surface area (Å²) in [6.07, 6.45) is 3.99. The molecule has 0 amide bonds. The highest BCUT2D eigenvalue weighted by Gasteiger charge is 2.23. The third-order valence-electron chi connectivity index (χ3n) is 3.24. The molecule has 5 nitrogen and oxygen atoms in total. The van der Waals surface area contributed by atoms with E-state index in [4.69, 9.17) is 4.74 Å². The second-order valence-electron chi connectivity index (χ2n) is 5.17. The zero-order valence-electron chi connectivity index (χ0n) is 12.1. The monoisotopic (exact) mass is 264 g/mol. The first kappa shape index (κ1) is 14.1. The molecule has 1 atom stereocenters. The first-order valence-corrected chi connectivity index (χ1v) is 7.11. The Morgan fingerprint density at radius 2 is 2.11 bits per heavy atom. The van der Waals surface area contributed by atoms with Crippen LogP contribution < -0.4 is 10.6 Å². The highest BCUT2D eigenvalue weighted by molar-refractivity contribution is 5.47. The fourth-order valence-electron chi connectivity index (χ4n) is 2.12. The van der Waals surface area contributed by atoms with Crippen molar-refractivity contribution in [3.8, 4) is 0 Å². The third kappa shape index (κ3) is 4.67. The molecule has 19 heavy (non-hydrogen) atoms. The van der Waals surface area contributed by atoms with E-state index in [1.54, 1.807) is 0 Å². The molecule has 0 aromatic carbocycles. The molecule has 1 aromatic heterocycles. The maximum atomic E-state index is 5.37. The molecule has 106 valence electrons. The molecular formula is C14H24N4O. The molecule has 1 aromatic rings. The van der Waals surface area contributed by atoms with Gasteiger partial charge in [0.1, 0.15) is 18.2 Å². The van der Waals surface area contributed by atoms with Gasteiger partial charge >= 0.3 is 0 Å². The Hall–Kier alpha value is -1.36. The Morgan fingerprint density at radius 1 is 1.37 bits per heavy atom. The number of nitrogens with one attached hydrogen (secondary N) is 2. The molecule has 5 heteroatoms. The number of hydrogen-bond donors (Lipinski definition) is 2. The van der Waals surface area contributed by atoms with Gasteiger partial charge in [0, 0.05) is 25.8 Å². The van der Waals surface area contributed by atoms with Gasteiger partial charge in [0.05, 0.1) is 0 Å². The summed E-state index contributed by atoms with van der Waals surface area (Å²) in [6.45, 7) is 5.31. The van der Waals surface area contributed by atoms with Gasteiger partial charge in [0.15, 0.2) is 5.82 Å². The first-order chi connectivity index (χ1) is 9.21. The molecule has 1 saturated carbocycles. The number of anilines is 2. The molecule has 1 aliphatic rings. The average Bonchev–Trinajstić information content (AvgIpc) is 3.19. The highest BCUT2D eigenvalue weighted by atomic mass is 16.5. The second kappa shape index (κ2) is 6.70. The normalized spacial score (nSPS) is 16.2. The molecule has 1 aliphatic carbocycles. The minimum Gasteiger partial charge on any atom is -0.374 e.